The second kappa shape index (κ2) is 6.02. The van der Waals surface area contributed by atoms with Crippen molar-refractivity contribution < 1.29 is 14.3 Å². The van der Waals surface area contributed by atoms with Crippen molar-refractivity contribution in [1.29, 1.82) is 0 Å². The number of hydrogen-bond donors (Lipinski definition) is 2. The summed E-state index contributed by atoms with van der Waals surface area (Å²) in [6, 6.07) is 7.19. The molecule has 0 aliphatic heterocycles. The van der Waals surface area contributed by atoms with Gasteiger partial charge in [0.15, 0.2) is 0 Å². The van der Waals surface area contributed by atoms with E-state index in [4.69, 9.17) is 4.74 Å². The van der Waals surface area contributed by atoms with Crippen LogP contribution in [-0.2, 0) is 9.53 Å². The van der Waals surface area contributed by atoms with E-state index in [9.17, 15) is 9.59 Å². The zero-order valence-corrected chi connectivity index (χ0v) is 12.3. The molecule has 0 saturated heterocycles. The van der Waals surface area contributed by atoms with Gasteiger partial charge < -0.3 is 15.4 Å². The summed E-state index contributed by atoms with van der Waals surface area (Å²) in [7, 11) is 3.03. The maximum atomic E-state index is 12.0. The van der Waals surface area contributed by atoms with Crippen molar-refractivity contribution in [3.8, 4) is 0 Å². The topological polar surface area (TPSA) is 67.4 Å². The molecule has 5 nitrogen and oxygen atoms in total. The minimum absolute atomic E-state index is 0.193. The number of ether oxygens (including phenoxy) is 1. The predicted octanol–water partition coefficient (Wildman–Crippen LogP) is 2.23. The second-order valence-corrected chi connectivity index (χ2v) is 5.35. The fraction of sp³-hybridized carbons (Fsp3) is 0.286. The Balaban J connectivity index is 2.48. The smallest absolute Gasteiger partial charge is 0.350 e. The summed E-state index contributed by atoms with van der Waals surface area (Å²) in [5.74, 6) is -0.639. The summed E-state index contributed by atoms with van der Waals surface area (Å²) < 4.78 is 5.71. The first kappa shape index (κ1) is 14.5. The number of nitrogens with one attached hydrogen (secondary N) is 2. The molecule has 0 fully saturated rings. The van der Waals surface area contributed by atoms with E-state index < -0.39 is 5.97 Å². The van der Waals surface area contributed by atoms with Gasteiger partial charge in [-0.15, -0.1) is 11.3 Å². The molecule has 20 heavy (non-hydrogen) atoms. The third-order valence-corrected chi connectivity index (χ3v) is 4.19. The van der Waals surface area contributed by atoms with Crippen LogP contribution < -0.4 is 10.6 Å². The standard InChI is InChI=1S/C14H16N2O3S/c1-8(15-2)13(17)16-11-9-6-4-5-7-10(9)20-12(11)14(18)19-3/h4-8,15H,1-3H3,(H,16,17). The van der Waals surface area contributed by atoms with Gasteiger partial charge >= 0.3 is 5.97 Å². The average Bonchev–Trinajstić information content (AvgIpc) is 2.84. The third kappa shape index (κ3) is 2.66. The summed E-state index contributed by atoms with van der Waals surface area (Å²) in [5.41, 5.74) is 0.518. The number of carbonyl (C=O) groups excluding carboxylic acids is 2. The second-order valence-electron chi connectivity index (χ2n) is 4.29. The van der Waals surface area contributed by atoms with Crippen LogP contribution in [0.3, 0.4) is 0 Å². The summed E-state index contributed by atoms with van der Waals surface area (Å²) in [6.45, 7) is 1.75. The molecule has 1 atom stereocenters. The van der Waals surface area contributed by atoms with Gasteiger partial charge in [0.25, 0.3) is 0 Å². The lowest BCUT2D eigenvalue weighted by Crippen LogP contribution is -2.35. The van der Waals surface area contributed by atoms with E-state index in [0.29, 0.717) is 10.6 Å². The summed E-state index contributed by atoms with van der Waals surface area (Å²) in [4.78, 5) is 24.3. The van der Waals surface area contributed by atoms with E-state index in [1.54, 1.807) is 14.0 Å². The molecule has 2 rings (SSSR count). The van der Waals surface area contributed by atoms with Crippen molar-refractivity contribution >= 4 is 39.0 Å². The molecule has 0 aliphatic rings. The Kier molecular flexibility index (Phi) is 4.36. The van der Waals surface area contributed by atoms with Gasteiger partial charge in [-0.05, 0) is 20.0 Å². The molecule has 106 valence electrons. The number of hydrogen-bond acceptors (Lipinski definition) is 5. The van der Waals surface area contributed by atoms with Crippen molar-refractivity contribution in [2.45, 2.75) is 13.0 Å². The fourth-order valence-corrected chi connectivity index (χ4v) is 2.84. The molecule has 6 heteroatoms. The number of methoxy groups -OCH3 is 1. The molecule has 0 spiro atoms. The molecule has 0 radical (unpaired) electrons. The lowest BCUT2D eigenvalue weighted by atomic mass is 10.2. The minimum Gasteiger partial charge on any atom is -0.465 e. The number of likely N-dealkylation sites (N-methyl/N-ethyl adjacent to an activating group) is 1. The zero-order valence-electron chi connectivity index (χ0n) is 11.5. The first-order valence-electron chi connectivity index (χ1n) is 6.16. The molecule has 1 heterocycles. The predicted molar refractivity (Wildman–Crippen MR) is 80.3 cm³/mol. The van der Waals surface area contributed by atoms with E-state index >= 15 is 0 Å². The molecule has 1 amide bonds. The lowest BCUT2D eigenvalue weighted by molar-refractivity contribution is -0.117. The van der Waals surface area contributed by atoms with E-state index in [2.05, 4.69) is 10.6 Å². The highest BCUT2D eigenvalue weighted by atomic mass is 32.1. The number of rotatable bonds is 4. The van der Waals surface area contributed by atoms with Gasteiger partial charge in [-0.3, -0.25) is 4.79 Å². The number of thiophene rings is 1. The molecular formula is C14H16N2O3S. The first-order chi connectivity index (χ1) is 9.58. The first-order valence-corrected chi connectivity index (χ1v) is 6.98. The zero-order chi connectivity index (χ0) is 14.7. The third-order valence-electron chi connectivity index (χ3n) is 3.04. The van der Waals surface area contributed by atoms with Crippen molar-refractivity contribution in [3.63, 3.8) is 0 Å². The van der Waals surface area contributed by atoms with Crippen LogP contribution in [0.2, 0.25) is 0 Å². The molecule has 2 N–H and O–H groups in total. The molecule has 0 aliphatic carbocycles. The lowest BCUT2D eigenvalue weighted by Gasteiger charge is -2.11. The maximum absolute atomic E-state index is 12.0. The van der Waals surface area contributed by atoms with E-state index in [0.717, 1.165) is 10.1 Å². The van der Waals surface area contributed by atoms with Gasteiger partial charge in [0, 0.05) is 10.1 Å². The highest BCUT2D eigenvalue weighted by molar-refractivity contribution is 7.21. The molecule has 2 aromatic rings. The minimum atomic E-state index is -0.446. The largest absolute Gasteiger partial charge is 0.465 e. The number of carbonyl (C=O) groups is 2. The van der Waals surface area contributed by atoms with Gasteiger partial charge in [0.1, 0.15) is 4.88 Å². The Bertz CT molecular complexity index is 651. The van der Waals surface area contributed by atoms with Crippen LogP contribution in [0.15, 0.2) is 24.3 Å². The van der Waals surface area contributed by atoms with E-state index in [-0.39, 0.29) is 11.9 Å². The SMILES string of the molecule is CNC(C)C(=O)Nc1c(C(=O)OC)sc2ccccc12. The highest BCUT2D eigenvalue weighted by Gasteiger charge is 2.21. The van der Waals surface area contributed by atoms with Gasteiger partial charge in [0.05, 0.1) is 18.8 Å². The normalized spacial score (nSPS) is 12.2. The van der Waals surface area contributed by atoms with Crippen molar-refractivity contribution in [2.24, 2.45) is 0 Å². The Labute approximate surface area is 120 Å². The number of anilines is 1. The number of benzene rings is 1. The molecule has 0 bridgehead atoms. The van der Waals surface area contributed by atoms with Crippen LogP contribution in [0.5, 0.6) is 0 Å². The van der Waals surface area contributed by atoms with Crippen LogP contribution in [0, 0.1) is 0 Å². The quantitative estimate of drug-likeness (QED) is 0.848. The molecular weight excluding hydrogens is 276 g/mol. The summed E-state index contributed by atoms with van der Waals surface area (Å²) in [6.07, 6.45) is 0. The van der Waals surface area contributed by atoms with Crippen LogP contribution in [-0.4, -0.2) is 32.1 Å². The molecule has 1 aromatic carbocycles. The number of esters is 1. The molecule has 1 aromatic heterocycles. The van der Waals surface area contributed by atoms with Gasteiger partial charge in [0.2, 0.25) is 5.91 Å². The van der Waals surface area contributed by atoms with Crippen LogP contribution in [0.1, 0.15) is 16.6 Å². The van der Waals surface area contributed by atoms with Gasteiger partial charge in [-0.25, -0.2) is 4.79 Å². The molecule has 0 saturated carbocycles. The monoisotopic (exact) mass is 292 g/mol. The maximum Gasteiger partial charge on any atom is 0.350 e. The van der Waals surface area contributed by atoms with E-state index in [1.807, 2.05) is 24.3 Å². The average molecular weight is 292 g/mol. The Hall–Kier alpha value is -1.92. The Morgan fingerprint density at radius 2 is 2.00 bits per heavy atom. The molecule has 1 unspecified atom stereocenters. The van der Waals surface area contributed by atoms with Crippen LogP contribution in [0.4, 0.5) is 5.69 Å². The van der Waals surface area contributed by atoms with E-state index in [1.165, 1.54) is 18.4 Å². The van der Waals surface area contributed by atoms with Crippen LogP contribution >= 0.6 is 11.3 Å². The number of amides is 1. The Morgan fingerprint density at radius 1 is 1.30 bits per heavy atom. The van der Waals surface area contributed by atoms with Crippen LogP contribution in [0.25, 0.3) is 10.1 Å². The van der Waals surface area contributed by atoms with Crippen molar-refractivity contribution in [3.05, 3.63) is 29.1 Å². The summed E-state index contributed by atoms with van der Waals surface area (Å²) in [5, 5.41) is 6.51. The highest BCUT2D eigenvalue weighted by Crippen LogP contribution is 2.36. The Morgan fingerprint density at radius 3 is 2.65 bits per heavy atom. The number of fused-ring (bicyclic) bond motifs is 1. The fourth-order valence-electron chi connectivity index (χ4n) is 1.77. The van der Waals surface area contributed by atoms with Gasteiger partial charge in [-0.1, -0.05) is 18.2 Å². The van der Waals surface area contributed by atoms with Gasteiger partial charge in [-0.2, -0.15) is 0 Å². The van der Waals surface area contributed by atoms with Crippen molar-refractivity contribution in [1.82, 2.24) is 5.32 Å². The summed E-state index contributed by atoms with van der Waals surface area (Å²) >= 11 is 1.31. The van der Waals surface area contributed by atoms with Crippen molar-refractivity contribution in [2.75, 3.05) is 19.5 Å².